The van der Waals surface area contributed by atoms with Crippen LogP contribution < -0.4 is 5.32 Å². The molecule has 34 heavy (non-hydrogen) atoms. The van der Waals surface area contributed by atoms with E-state index in [1.54, 1.807) is 6.20 Å². The van der Waals surface area contributed by atoms with Gasteiger partial charge in [0.2, 0.25) is 0 Å². The maximum absolute atomic E-state index is 12.7. The van der Waals surface area contributed by atoms with E-state index in [4.69, 9.17) is 4.74 Å². The van der Waals surface area contributed by atoms with Gasteiger partial charge in [0.05, 0.1) is 0 Å². The monoisotopic (exact) mass is 452 g/mol. The molecular formula is C28H24N2O4. The second-order valence-corrected chi connectivity index (χ2v) is 8.79. The topological polar surface area (TPSA) is 88.5 Å². The molecular weight excluding hydrogens is 428 g/mol. The first-order valence-corrected chi connectivity index (χ1v) is 11.1. The van der Waals surface area contributed by atoms with Crippen molar-refractivity contribution in [3.63, 3.8) is 0 Å². The third-order valence-corrected chi connectivity index (χ3v) is 6.42. The van der Waals surface area contributed by atoms with E-state index in [1.165, 1.54) is 6.92 Å². The van der Waals surface area contributed by atoms with Gasteiger partial charge in [-0.05, 0) is 40.6 Å². The normalized spacial score (nSPS) is 14.1. The summed E-state index contributed by atoms with van der Waals surface area (Å²) < 4.78 is 5.56. The SMILES string of the molecule is CC(Cc1cc2ccccc2cn1)(NC(=O)OCC1c2ccccc2-c2ccccc21)C(=O)O. The average Bonchev–Trinajstić information content (AvgIpc) is 3.16. The largest absolute Gasteiger partial charge is 0.480 e. The Morgan fingerprint density at radius 3 is 2.18 bits per heavy atom. The van der Waals surface area contributed by atoms with E-state index in [9.17, 15) is 14.7 Å². The summed E-state index contributed by atoms with van der Waals surface area (Å²) in [6, 6.07) is 25.7. The van der Waals surface area contributed by atoms with E-state index in [0.29, 0.717) is 5.69 Å². The minimum absolute atomic E-state index is 0.0252. The predicted octanol–water partition coefficient (Wildman–Crippen LogP) is 5.16. The summed E-state index contributed by atoms with van der Waals surface area (Å²) in [5.41, 5.74) is 3.45. The van der Waals surface area contributed by atoms with Crippen molar-refractivity contribution < 1.29 is 19.4 Å². The van der Waals surface area contributed by atoms with Crippen LogP contribution in [0.5, 0.6) is 0 Å². The molecule has 1 aliphatic rings. The van der Waals surface area contributed by atoms with Crippen LogP contribution in [-0.4, -0.2) is 34.3 Å². The molecule has 3 aromatic carbocycles. The number of fused-ring (bicyclic) bond motifs is 4. The summed E-state index contributed by atoms with van der Waals surface area (Å²) in [5, 5.41) is 14.4. The van der Waals surface area contributed by atoms with E-state index >= 15 is 0 Å². The molecule has 1 aliphatic carbocycles. The first-order valence-electron chi connectivity index (χ1n) is 11.1. The zero-order chi connectivity index (χ0) is 23.7. The third kappa shape index (κ3) is 3.99. The second-order valence-electron chi connectivity index (χ2n) is 8.79. The Hall–Kier alpha value is -4.19. The molecule has 5 rings (SSSR count). The Morgan fingerprint density at radius 1 is 0.941 bits per heavy atom. The van der Waals surface area contributed by atoms with E-state index in [2.05, 4.69) is 22.4 Å². The van der Waals surface area contributed by atoms with Crippen LogP contribution in [0.1, 0.15) is 29.7 Å². The molecule has 6 nitrogen and oxygen atoms in total. The van der Waals surface area contributed by atoms with Gasteiger partial charge in [0.1, 0.15) is 12.1 Å². The lowest BCUT2D eigenvalue weighted by Crippen LogP contribution is -2.54. The summed E-state index contributed by atoms with van der Waals surface area (Å²) in [6.07, 6.45) is 0.963. The number of carbonyl (C=O) groups is 2. The van der Waals surface area contributed by atoms with Crippen molar-refractivity contribution in [2.45, 2.75) is 24.8 Å². The van der Waals surface area contributed by atoms with Gasteiger partial charge in [0.25, 0.3) is 0 Å². The minimum atomic E-state index is -1.57. The molecule has 0 bridgehead atoms. The van der Waals surface area contributed by atoms with Crippen LogP contribution in [0, 0.1) is 0 Å². The highest BCUT2D eigenvalue weighted by Gasteiger charge is 2.37. The van der Waals surface area contributed by atoms with Gasteiger partial charge in [0, 0.05) is 29.6 Å². The molecule has 0 radical (unpaired) electrons. The summed E-state index contributed by atoms with van der Waals surface area (Å²) in [5.74, 6) is -1.26. The molecule has 2 N–H and O–H groups in total. The van der Waals surface area contributed by atoms with Crippen LogP contribution in [0.15, 0.2) is 85.1 Å². The Labute approximate surface area is 197 Å². The van der Waals surface area contributed by atoms with Crippen molar-refractivity contribution >= 4 is 22.8 Å². The molecule has 0 aliphatic heterocycles. The van der Waals surface area contributed by atoms with Crippen LogP contribution in [0.4, 0.5) is 4.79 Å². The van der Waals surface area contributed by atoms with Crippen molar-refractivity contribution in [1.29, 1.82) is 0 Å². The molecule has 1 unspecified atom stereocenters. The molecule has 0 fully saturated rings. The van der Waals surface area contributed by atoms with Crippen molar-refractivity contribution in [1.82, 2.24) is 10.3 Å². The van der Waals surface area contributed by atoms with Crippen molar-refractivity contribution in [3.8, 4) is 11.1 Å². The molecule has 1 heterocycles. The van der Waals surface area contributed by atoms with Crippen LogP contribution in [-0.2, 0) is 16.0 Å². The molecule has 1 amide bonds. The molecule has 170 valence electrons. The van der Waals surface area contributed by atoms with E-state index in [-0.39, 0.29) is 18.9 Å². The molecule has 0 saturated carbocycles. The van der Waals surface area contributed by atoms with E-state index in [0.717, 1.165) is 33.0 Å². The Kier molecular flexibility index (Phi) is 5.49. The highest BCUT2D eigenvalue weighted by atomic mass is 16.5. The third-order valence-electron chi connectivity index (χ3n) is 6.42. The van der Waals surface area contributed by atoms with E-state index in [1.807, 2.05) is 66.7 Å². The molecule has 1 atom stereocenters. The number of nitrogens with zero attached hydrogens (tertiary/aromatic N) is 1. The number of rotatable bonds is 6. The molecule has 6 heteroatoms. The van der Waals surface area contributed by atoms with Gasteiger partial charge in [-0.15, -0.1) is 0 Å². The van der Waals surface area contributed by atoms with Gasteiger partial charge in [-0.2, -0.15) is 0 Å². The lowest BCUT2D eigenvalue weighted by molar-refractivity contribution is -0.143. The molecule has 0 saturated heterocycles. The highest BCUT2D eigenvalue weighted by molar-refractivity contribution is 5.85. The van der Waals surface area contributed by atoms with Crippen molar-refractivity contribution in [3.05, 3.63) is 102 Å². The number of aromatic nitrogens is 1. The number of aliphatic carboxylic acids is 1. The number of hydrogen-bond donors (Lipinski definition) is 2. The minimum Gasteiger partial charge on any atom is -0.480 e. The maximum atomic E-state index is 12.7. The zero-order valence-corrected chi connectivity index (χ0v) is 18.7. The fourth-order valence-electron chi connectivity index (χ4n) is 4.62. The van der Waals surface area contributed by atoms with Crippen LogP contribution in [0.2, 0.25) is 0 Å². The number of ether oxygens (including phenoxy) is 1. The number of carboxylic acid groups (broad SMARTS) is 1. The number of carboxylic acids is 1. The number of benzene rings is 3. The van der Waals surface area contributed by atoms with Crippen molar-refractivity contribution in [2.24, 2.45) is 0 Å². The average molecular weight is 453 g/mol. The second kappa shape index (κ2) is 8.63. The fourth-order valence-corrected chi connectivity index (χ4v) is 4.62. The van der Waals surface area contributed by atoms with E-state index < -0.39 is 17.6 Å². The summed E-state index contributed by atoms with van der Waals surface area (Å²) in [4.78, 5) is 29.2. The fraction of sp³-hybridized carbons (Fsp3) is 0.179. The summed E-state index contributed by atoms with van der Waals surface area (Å²) >= 11 is 0. The standard InChI is InChI=1S/C28H24N2O4/c1-28(26(31)32,15-20-14-18-8-2-3-9-19(18)16-29-20)30-27(33)34-17-25-23-12-6-4-10-21(23)22-11-5-7-13-24(22)25/h2-14,16,25H,15,17H2,1H3,(H,30,33)(H,31,32). The Morgan fingerprint density at radius 2 is 1.53 bits per heavy atom. The highest BCUT2D eigenvalue weighted by Crippen LogP contribution is 2.44. The number of hydrogen-bond acceptors (Lipinski definition) is 4. The molecule has 4 aromatic rings. The molecule has 1 aromatic heterocycles. The number of carbonyl (C=O) groups excluding carboxylic acids is 1. The number of pyridine rings is 1. The number of nitrogens with one attached hydrogen (secondary N) is 1. The summed E-state index contributed by atoms with van der Waals surface area (Å²) in [6.45, 7) is 1.58. The first-order chi connectivity index (χ1) is 16.4. The van der Waals surface area contributed by atoms with Gasteiger partial charge in [-0.25, -0.2) is 9.59 Å². The smallest absolute Gasteiger partial charge is 0.408 e. The lowest BCUT2D eigenvalue weighted by atomic mass is 9.95. The van der Waals surface area contributed by atoms with Crippen molar-refractivity contribution in [2.75, 3.05) is 6.61 Å². The number of amides is 1. The van der Waals surface area contributed by atoms with Crippen LogP contribution in [0.3, 0.4) is 0 Å². The molecule has 0 spiro atoms. The lowest BCUT2D eigenvalue weighted by Gasteiger charge is -2.26. The predicted molar refractivity (Wildman–Crippen MR) is 130 cm³/mol. The van der Waals surface area contributed by atoms with Crippen LogP contribution in [0.25, 0.3) is 21.9 Å². The first kappa shape index (κ1) is 21.6. The quantitative estimate of drug-likeness (QED) is 0.422. The van der Waals surface area contributed by atoms with Crippen LogP contribution >= 0.6 is 0 Å². The Bertz CT molecular complexity index is 1350. The summed E-state index contributed by atoms with van der Waals surface area (Å²) in [7, 11) is 0. The Balaban J connectivity index is 1.31. The van der Waals surface area contributed by atoms with Gasteiger partial charge >= 0.3 is 12.1 Å². The zero-order valence-electron chi connectivity index (χ0n) is 18.7. The maximum Gasteiger partial charge on any atom is 0.408 e. The van der Waals surface area contributed by atoms with Gasteiger partial charge in [-0.3, -0.25) is 4.98 Å². The van der Waals surface area contributed by atoms with Gasteiger partial charge in [-0.1, -0.05) is 72.8 Å². The number of alkyl carbamates (subject to hydrolysis) is 1. The van der Waals surface area contributed by atoms with Gasteiger partial charge < -0.3 is 15.2 Å². The van der Waals surface area contributed by atoms with Gasteiger partial charge in [0.15, 0.2) is 0 Å².